The first-order valence-corrected chi connectivity index (χ1v) is 9.43. The minimum Gasteiger partial charge on any atom is -0.365 e. The van der Waals surface area contributed by atoms with Gasteiger partial charge in [-0.2, -0.15) is 0 Å². The average Bonchev–Trinajstić information content (AvgIpc) is 3.15. The molecule has 1 amide bonds. The summed E-state index contributed by atoms with van der Waals surface area (Å²) in [4.78, 5) is 19.8. The molecule has 0 saturated carbocycles. The van der Waals surface area contributed by atoms with Gasteiger partial charge >= 0.3 is 0 Å². The van der Waals surface area contributed by atoms with E-state index in [9.17, 15) is 18.0 Å². The second-order valence-electron chi connectivity index (χ2n) is 7.11. The standard InChI is InChI=1S/C22H13F3N6O/c23-14-9-19-11(2-1-5-27-19)6-13(14)10-31-22-18(29-30-31)4-3-17(28-22)12-7-15(24)20(21(26)32)16(25)8-12/h1-9H,10H2,(H2,26,32). The molecule has 0 aliphatic heterocycles. The van der Waals surface area contributed by atoms with Crippen molar-refractivity contribution in [3.05, 3.63) is 83.3 Å². The molecule has 32 heavy (non-hydrogen) atoms. The number of benzene rings is 2. The van der Waals surface area contributed by atoms with E-state index in [-0.39, 0.29) is 17.8 Å². The third-order valence-corrected chi connectivity index (χ3v) is 5.03. The second-order valence-corrected chi connectivity index (χ2v) is 7.11. The van der Waals surface area contributed by atoms with E-state index in [1.165, 1.54) is 16.8 Å². The van der Waals surface area contributed by atoms with Gasteiger partial charge < -0.3 is 5.73 Å². The van der Waals surface area contributed by atoms with Crippen LogP contribution < -0.4 is 5.73 Å². The molecule has 0 spiro atoms. The fourth-order valence-corrected chi connectivity index (χ4v) is 3.50. The smallest absolute Gasteiger partial charge is 0.254 e. The van der Waals surface area contributed by atoms with Crippen LogP contribution >= 0.6 is 0 Å². The molecule has 0 aliphatic carbocycles. The van der Waals surface area contributed by atoms with Crippen molar-refractivity contribution < 1.29 is 18.0 Å². The van der Waals surface area contributed by atoms with Crippen molar-refractivity contribution in [2.45, 2.75) is 6.54 Å². The van der Waals surface area contributed by atoms with Crippen LogP contribution in [0.3, 0.4) is 0 Å². The zero-order chi connectivity index (χ0) is 22.4. The lowest BCUT2D eigenvalue weighted by Gasteiger charge is -2.08. The van der Waals surface area contributed by atoms with Crippen LogP contribution in [0.4, 0.5) is 13.2 Å². The van der Waals surface area contributed by atoms with Gasteiger partial charge in [0.15, 0.2) is 5.65 Å². The molecule has 7 nitrogen and oxygen atoms in total. The van der Waals surface area contributed by atoms with Gasteiger partial charge in [-0.15, -0.1) is 5.10 Å². The number of carbonyl (C=O) groups is 1. The molecule has 10 heteroatoms. The van der Waals surface area contributed by atoms with Crippen LogP contribution in [0.15, 0.2) is 54.7 Å². The molecular formula is C22H13F3N6O. The van der Waals surface area contributed by atoms with Gasteiger partial charge in [-0.3, -0.25) is 9.78 Å². The van der Waals surface area contributed by atoms with Crippen LogP contribution in [0.5, 0.6) is 0 Å². The molecule has 5 aromatic rings. The SMILES string of the molecule is NC(=O)c1c(F)cc(-c2ccc3nnn(Cc4cc5cccnc5cc4F)c3n2)cc1F. The van der Waals surface area contributed by atoms with Crippen molar-refractivity contribution >= 4 is 28.0 Å². The number of pyridine rings is 2. The molecule has 0 saturated heterocycles. The van der Waals surface area contributed by atoms with Gasteiger partial charge in [0.25, 0.3) is 5.91 Å². The van der Waals surface area contributed by atoms with Crippen LogP contribution in [0.2, 0.25) is 0 Å². The minimum absolute atomic E-state index is 0.0347. The highest BCUT2D eigenvalue weighted by Gasteiger charge is 2.18. The van der Waals surface area contributed by atoms with Gasteiger partial charge in [0.2, 0.25) is 0 Å². The fraction of sp³-hybridized carbons (Fsp3) is 0.0455. The van der Waals surface area contributed by atoms with Crippen molar-refractivity contribution in [1.29, 1.82) is 0 Å². The highest BCUT2D eigenvalue weighted by Crippen LogP contribution is 2.25. The third-order valence-electron chi connectivity index (χ3n) is 5.03. The lowest BCUT2D eigenvalue weighted by Crippen LogP contribution is -2.15. The predicted octanol–water partition coefficient (Wildman–Crippen LogP) is 3.61. The molecule has 0 unspecified atom stereocenters. The molecule has 0 fully saturated rings. The number of nitrogens with zero attached hydrogens (tertiary/aromatic N) is 5. The maximum atomic E-state index is 14.6. The lowest BCUT2D eigenvalue weighted by molar-refractivity contribution is 0.0992. The predicted molar refractivity (Wildman–Crippen MR) is 110 cm³/mol. The Kier molecular flexibility index (Phi) is 4.54. The number of carbonyl (C=O) groups excluding carboxylic acids is 1. The molecule has 2 aromatic carbocycles. The molecule has 5 rings (SSSR count). The highest BCUT2D eigenvalue weighted by molar-refractivity contribution is 5.94. The zero-order valence-electron chi connectivity index (χ0n) is 16.3. The van der Waals surface area contributed by atoms with Crippen LogP contribution in [-0.2, 0) is 6.54 Å². The van der Waals surface area contributed by atoms with E-state index >= 15 is 0 Å². The van der Waals surface area contributed by atoms with Crippen molar-refractivity contribution in [3.63, 3.8) is 0 Å². The summed E-state index contributed by atoms with van der Waals surface area (Å²) in [6.07, 6.45) is 1.58. The molecule has 2 N–H and O–H groups in total. The summed E-state index contributed by atoms with van der Waals surface area (Å²) < 4.78 is 44.4. The third kappa shape index (κ3) is 3.31. The highest BCUT2D eigenvalue weighted by atomic mass is 19.1. The minimum atomic E-state index is -1.20. The molecule has 3 heterocycles. The molecule has 158 valence electrons. The summed E-state index contributed by atoms with van der Waals surface area (Å²) >= 11 is 0. The summed E-state index contributed by atoms with van der Waals surface area (Å²) in [5.41, 5.74) is 6.12. The van der Waals surface area contributed by atoms with E-state index < -0.39 is 28.9 Å². The Morgan fingerprint density at radius 1 is 0.969 bits per heavy atom. The number of nitrogens with two attached hydrogens (primary N) is 1. The number of aromatic nitrogens is 5. The van der Waals surface area contributed by atoms with Gasteiger partial charge in [-0.05, 0) is 36.4 Å². The normalized spacial score (nSPS) is 11.3. The van der Waals surface area contributed by atoms with E-state index in [4.69, 9.17) is 5.73 Å². The number of fused-ring (bicyclic) bond motifs is 2. The van der Waals surface area contributed by atoms with Gasteiger partial charge in [-0.1, -0.05) is 11.3 Å². The fourth-order valence-electron chi connectivity index (χ4n) is 3.50. The van der Waals surface area contributed by atoms with E-state index in [0.717, 1.165) is 17.5 Å². The van der Waals surface area contributed by atoms with Gasteiger partial charge in [0.1, 0.15) is 28.5 Å². The molecule has 0 radical (unpaired) electrons. The Labute approximate surface area is 178 Å². The first-order valence-electron chi connectivity index (χ1n) is 9.43. The first-order chi connectivity index (χ1) is 15.4. The van der Waals surface area contributed by atoms with Crippen molar-refractivity contribution in [3.8, 4) is 11.3 Å². The topological polar surface area (TPSA) is 99.6 Å². The first kappa shape index (κ1) is 19.6. The number of amides is 1. The molecular weight excluding hydrogens is 421 g/mol. The van der Waals surface area contributed by atoms with Gasteiger partial charge in [-0.25, -0.2) is 22.8 Å². The summed E-state index contributed by atoms with van der Waals surface area (Å²) in [7, 11) is 0. The van der Waals surface area contributed by atoms with E-state index in [2.05, 4.69) is 20.3 Å². The summed E-state index contributed by atoms with van der Waals surface area (Å²) in [5.74, 6) is -3.84. The van der Waals surface area contributed by atoms with Gasteiger partial charge in [0, 0.05) is 28.8 Å². The Balaban J connectivity index is 1.57. The zero-order valence-corrected chi connectivity index (χ0v) is 16.3. The molecule has 3 aromatic heterocycles. The van der Waals surface area contributed by atoms with Crippen LogP contribution in [-0.4, -0.2) is 30.9 Å². The monoisotopic (exact) mass is 434 g/mol. The van der Waals surface area contributed by atoms with Crippen molar-refractivity contribution in [2.24, 2.45) is 5.73 Å². The number of primary amides is 1. The summed E-state index contributed by atoms with van der Waals surface area (Å²) in [5, 5.41) is 8.82. The second kappa shape index (κ2) is 7.41. The number of hydrogen-bond donors (Lipinski definition) is 1. The maximum Gasteiger partial charge on any atom is 0.254 e. The Bertz CT molecular complexity index is 1510. The molecule has 0 atom stereocenters. The number of halogens is 3. The number of rotatable bonds is 4. The number of hydrogen-bond acceptors (Lipinski definition) is 5. The molecule has 0 aliphatic rings. The Hall–Kier alpha value is -4.34. The quantitative estimate of drug-likeness (QED) is 0.466. The average molecular weight is 434 g/mol. The van der Waals surface area contributed by atoms with Crippen LogP contribution in [0, 0.1) is 17.5 Å². The molecule has 0 bridgehead atoms. The van der Waals surface area contributed by atoms with E-state index in [1.807, 2.05) is 6.07 Å². The lowest BCUT2D eigenvalue weighted by atomic mass is 10.1. The van der Waals surface area contributed by atoms with Crippen molar-refractivity contribution in [2.75, 3.05) is 0 Å². The van der Waals surface area contributed by atoms with Gasteiger partial charge in [0.05, 0.1) is 17.8 Å². The van der Waals surface area contributed by atoms with E-state index in [1.54, 1.807) is 24.4 Å². The summed E-state index contributed by atoms with van der Waals surface area (Å²) in [6.45, 7) is 0.0347. The summed E-state index contributed by atoms with van der Waals surface area (Å²) in [6, 6.07) is 11.6. The van der Waals surface area contributed by atoms with Crippen molar-refractivity contribution in [1.82, 2.24) is 25.0 Å². The van der Waals surface area contributed by atoms with E-state index in [0.29, 0.717) is 22.2 Å². The maximum absolute atomic E-state index is 14.6. The van der Waals surface area contributed by atoms with Crippen LogP contribution in [0.25, 0.3) is 33.3 Å². The Morgan fingerprint density at radius 2 is 1.75 bits per heavy atom. The largest absolute Gasteiger partial charge is 0.365 e. The Morgan fingerprint density at radius 3 is 2.50 bits per heavy atom. The van der Waals surface area contributed by atoms with Crippen LogP contribution in [0.1, 0.15) is 15.9 Å².